The lowest BCUT2D eigenvalue weighted by molar-refractivity contribution is -0.202. The van der Waals surface area contributed by atoms with Crippen molar-refractivity contribution in [1.82, 2.24) is 0 Å². The third-order valence-corrected chi connectivity index (χ3v) is 5.22. The van der Waals surface area contributed by atoms with Crippen LogP contribution in [0.2, 0.25) is 0 Å². The molecule has 0 unspecified atom stereocenters. The molecule has 19 heavy (non-hydrogen) atoms. The lowest BCUT2D eigenvalue weighted by atomic mass is 9.72. The quantitative estimate of drug-likeness (QED) is 0.497. The Morgan fingerprint density at radius 2 is 2.00 bits per heavy atom. The molecule has 0 aromatic rings. The summed E-state index contributed by atoms with van der Waals surface area (Å²) in [5, 5.41) is 0. The molecule has 3 aliphatic rings. The van der Waals surface area contributed by atoms with E-state index < -0.39 is 5.60 Å². The molecule has 4 heteroatoms. The summed E-state index contributed by atoms with van der Waals surface area (Å²) in [6, 6.07) is 0. The standard InChI is InChI=1S/C15H20O4/c1-8-4-5-10-9(2)14(17)18-13(10)15(3)11(8)6-7-12(16)19-15/h8,10-11,13H,2,4-7H2,1,3H3/t8-,10+,11+,13-,15-/m0/s1. The van der Waals surface area contributed by atoms with Crippen LogP contribution in [0.4, 0.5) is 0 Å². The Bertz CT molecular complexity index is 455. The molecule has 0 bridgehead atoms. The maximum Gasteiger partial charge on any atom is 0.334 e. The van der Waals surface area contributed by atoms with E-state index in [1.165, 1.54) is 0 Å². The van der Waals surface area contributed by atoms with Gasteiger partial charge in [-0.1, -0.05) is 13.5 Å². The molecule has 0 aromatic carbocycles. The highest BCUT2D eigenvalue weighted by Gasteiger charge is 2.59. The number of carbonyl (C=O) groups excluding carboxylic acids is 2. The minimum Gasteiger partial charge on any atom is -0.455 e. The molecule has 3 fully saturated rings. The molecule has 2 saturated heterocycles. The van der Waals surface area contributed by atoms with Gasteiger partial charge in [-0.05, 0) is 32.1 Å². The molecule has 0 spiro atoms. The Kier molecular flexibility index (Phi) is 2.73. The van der Waals surface area contributed by atoms with E-state index in [9.17, 15) is 9.59 Å². The number of fused-ring (bicyclic) bond motifs is 3. The lowest BCUT2D eigenvalue weighted by Crippen LogP contribution is -2.55. The first-order chi connectivity index (χ1) is 8.93. The smallest absolute Gasteiger partial charge is 0.334 e. The summed E-state index contributed by atoms with van der Waals surface area (Å²) in [5.74, 6) is 0.219. The molecule has 2 aliphatic heterocycles. The molecule has 5 atom stereocenters. The highest BCUT2D eigenvalue weighted by molar-refractivity contribution is 5.91. The van der Waals surface area contributed by atoms with Gasteiger partial charge in [0.25, 0.3) is 0 Å². The Balaban J connectivity index is 2.02. The molecule has 1 saturated carbocycles. The molecule has 0 N–H and O–H groups in total. The average Bonchev–Trinajstić information content (AvgIpc) is 2.58. The van der Waals surface area contributed by atoms with Crippen LogP contribution in [0.1, 0.15) is 39.5 Å². The van der Waals surface area contributed by atoms with Crippen LogP contribution < -0.4 is 0 Å². The molecule has 2 heterocycles. The van der Waals surface area contributed by atoms with Crippen LogP contribution in [0.25, 0.3) is 0 Å². The fourth-order valence-electron chi connectivity index (χ4n) is 4.14. The SMILES string of the molecule is C=C1C(=O)O[C@H]2[C@@H]1CC[C@H](C)[C@H]1CCC(=O)O[C@@]12C. The molecule has 1 aliphatic carbocycles. The molecule has 4 nitrogen and oxygen atoms in total. The van der Waals surface area contributed by atoms with E-state index in [0.29, 0.717) is 17.9 Å². The molecule has 3 rings (SSSR count). The van der Waals surface area contributed by atoms with Crippen LogP contribution in [0.5, 0.6) is 0 Å². The topological polar surface area (TPSA) is 52.6 Å². The van der Waals surface area contributed by atoms with Crippen molar-refractivity contribution in [3.05, 3.63) is 12.2 Å². The highest BCUT2D eigenvalue weighted by atomic mass is 16.6. The number of rotatable bonds is 0. The maximum atomic E-state index is 11.8. The largest absolute Gasteiger partial charge is 0.455 e. The minimum atomic E-state index is -0.689. The number of ether oxygens (including phenoxy) is 2. The molecular weight excluding hydrogens is 244 g/mol. The van der Waals surface area contributed by atoms with Crippen molar-refractivity contribution in [3.8, 4) is 0 Å². The fourth-order valence-corrected chi connectivity index (χ4v) is 4.14. The minimum absolute atomic E-state index is 0.00384. The van der Waals surface area contributed by atoms with Crippen molar-refractivity contribution >= 4 is 11.9 Å². The molecule has 0 radical (unpaired) electrons. The Hall–Kier alpha value is -1.32. The number of hydrogen-bond donors (Lipinski definition) is 0. The van der Waals surface area contributed by atoms with E-state index in [-0.39, 0.29) is 29.9 Å². The third-order valence-electron chi connectivity index (χ3n) is 5.22. The van der Waals surface area contributed by atoms with Crippen LogP contribution in [0, 0.1) is 17.8 Å². The zero-order valence-electron chi connectivity index (χ0n) is 11.5. The third kappa shape index (κ3) is 1.72. The van der Waals surface area contributed by atoms with Crippen molar-refractivity contribution in [2.75, 3.05) is 0 Å². The second kappa shape index (κ2) is 4.09. The maximum absolute atomic E-state index is 11.8. The van der Waals surface area contributed by atoms with Gasteiger partial charge in [-0.3, -0.25) is 4.79 Å². The molecule has 0 aromatic heterocycles. The van der Waals surface area contributed by atoms with Gasteiger partial charge in [-0.15, -0.1) is 0 Å². The summed E-state index contributed by atoms with van der Waals surface area (Å²) in [5.41, 5.74) is -0.147. The van der Waals surface area contributed by atoms with Crippen molar-refractivity contribution in [2.24, 2.45) is 17.8 Å². The van der Waals surface area contributed by atoms with Gasteiger partial charge in [0.2, 0.25) is 0 Å². The van der Waals surface area contributed by atoms with Gasteiger partial charge in [0.15, 0.2) is 0 Å². The van der Waals surface area contributed by atoms with Gasteiger partial charge in [0.05, 0.1) is 0 Å². The second-order valence-corrected chi connectivity index (χ2v) is 6.32. The zero-order chi connectivity index (χ0) is 13.8. The lowest BCUT2D eigenvalue weighted by Gasteiger charge is -2.45. The van der Waals surface area contributed by atoms with Crippen LogP contribution in [-0.4, -0.2) is 23.6 Å². The first-order valence-electron chi connectivity index (χ1n) is 7.05. The summed E-state index contributed by atoms with van der Waals surface area (Å²) >= 11 is 0. The number of hydrogen-bond acceptors (Lipinski definition) is 4. The van der Waals surface area contributed by atoms with Crippen LogP contribution in [0.3, 0.4) is 0 Å². The van der Waals surface area contributed by atoms with Crippen molar-refractivity contribution in [1.29, 1.82) is 0 Å². The summed E-state index contributed by atoms with van der Waals surface area (Å²) in [6.45, 7) is 7.99. The van der Waals surface area contributed by atoms with Crippen molar-refractivity contribution in [2.45, 2.75) is 51.2 Å². The Morgan fingerprint density at radius 1 is 1.26 bits per heavy atom. The zero-order valence-corrected chi connectivity index (χ0v) is 11.5. The highest BCUT2D eigenvalue weighted by Crippen LogP contribution is 2.50. The van der Waals surface area contributed by atoms with Crippen molar-refractivity contribution in [3.63, 3.8) is 0 Å². The predicted octanol–water partition coefficient (Wildman–Crippen LogP) is 2.23. The number of carbonyl (C=O) groups is 2. The van der Waals surface area contributed by atoms with E-state index in [4.69, 9.17) is 9.47 Å². The van der Waals surface area contributed by atoms with E-state index in [1.807, 2.05) is 6.92 Å². The first kappa shape index (κ1) is 12.7. The van der Waals surface area contributed by atoms with E-state index in [0.717, 1.165) is 19.3 Å². The predicted molar refractivity (Wildman–Crippen MR) is 68.1 cm³/mol. The van der Waals surface area contributed by atoms with E-state index >= 15 is 0 Å². The monoisotopic (exact) mass is 264 g/mol. The summed E-state index contributed by atoms with van der Waals surface area (Å²) in [6.07, 6.45) is 2.85. The van der Waals surface area contributed by atoms with Gasteiger partial charge in [0.1, 0.15) is 11.7 Å². The van der Waals surface area contributed by atoms with Gasteiger partial charge in [-0.25, -0.2) is 4.79 Å². The molecule has 104 valence electrons. The van der Waals surface area contributed by atoms with Crippen molar-refractivity contribution < 1.29 is 19.1 Å². The summed E-state index contributed by atoms with van der Waals surface area (Å²) in [4.78, 5) is 23.5. The summed E-state index contributed by atoms with van der Waals surface area (Å²) < 4.78 is 11.2. The molecule has 0 amide bonds. The van der Waals surface area contributed by atoms with Gasteiger partial charge < -0.3 is 9.47 Å². The van der Waals surface area contributed by atoms with Gasteiger partial charge in [0, 0.05) is 23.8 Å². The van der Waals surface area contributed by atoms with E-state index in [2.05, 4.69) is 13.5 Å². The van der Waals surface area contributed by atoms with Crippen LogP contribution in [0.15, 0.2) is 12.2 Å². The van der Waals surface area contributed by atoms with Gasteiger partial charge >= 0.3 is 11.9 Å². The Morgan fingerprint density at radius 3 is 2.74 bits per heavy atom. The van der Waals surface area contributed by atoms with Gasteiger partial charge in [-0.2, -0.15) is 0 Å². The van der Waals surface area contributed by atoms with Crippen LogP contribution in [-0.2, 0) is 19.1 Å². The average molecular weight is 264 g/mol. The van der Waals surface area contributed by atoms with E-state index in [1.54, 1.807) is 0 Å². The second-order valence-electron chi connectivity index (χ2n) is 6.32. The Labute approximate surface area is 113 Å². The first-order valence-corrected chi connectivity index (χ1v) is 7.05. The normalized spacial score (nSPS) is 45.9. The summed E-state index contributed by atoms with van der Waals surface area (Å²) in [7, 11) is 0. The number of esters is 2. The molecular formula is C15H20O4. The fraction of sp³-hybridized carbons (Fsp3) is 0.733. The van der Waals surface area contributed by atoms with Crippen LogP contribution >= 0.6 is 0 Å².